The van der Waals surface area contributed by atoms with Gasteiger partial charge in [0.1, 0.15) is 5.76 Å². The van der Waals surface area contributed by atoms with Gasteiger partial charge in [0.2, 0.25) is 0 Å². The summed E-state index contributed by atoms with van der Waals surface area (Å²) < 4.78 is 11.8. The highest BCUT2D eigenvalue weighted by Gasteiger charge is 2.22. The maximum atomic E-state index is 9.44. The molecule has 0 saturated heterocycles. The van der Waals surface area contributed by atoms with E-state index in [4.69, 9.17) is 9.47 Å². The van der Waals surface area contributed by atoms with Gasteiger partial charge in [0.25, 0.3) is 6.29 Å². The first-order valence-corrected chi connectivity index (χ1v) is 20.5. The zero-order valence-corrected chi connectivity index (χ0v) is 32.8. The van der Waals surface area contributed by atoms with Gasteiger partial charge in [-0.05, 0) is 37.8 Å². The SMILES string of the molecule is CCCCCCCCCC/C=C/C=C/C=C/C=C/C=C/C=C/C1=C(CCO)OC(/C=C/C=C/C=C/C=C/C=C/C=C/CCCCCCCCCC)O1. The largest absolute Gasteiger partial charge is 0.452 e. The number of ether oxygens (including phenoxy) is 2. The molecule has 3 heteroatoms. The predicted octanol–water partition coefficient (Wildman–Crippen LogP) is 14.7. The number of hydrogen-bond acceptors (Lipinski definition) is 3. The molecule has 0 aromatic rings. The van der Waals surface area contributed by atoms with Gasteiger partial charge >= 0.3 is 0 Å². The van der Waals surface area contributed by atoms with Crippen molar-refractivity contribution in [1.82, 2.24) is 0 Å². The molecule has 1 aliphatic rings. The normalized spacial score (nSPS) is 16.2. The second-order valence-electron chi connectivity index (χ2n) is 13.1. The molecule has 1 N–H and O–H groups in total. The van der Waals surface area contributed by atoms with Crippen LogP contribution in [0.3, 0.4) is 0 Å². The molecule has 0 fully saturated rings. The minimum atomic E-state index is -0.509. The molecule has 0 aromatic heterocycles. The minimum absolute atomic E-state index is 0.00384. The van der Waals surface area contributed by atoms with Crippen LogP contribution in [0.1, 0.15) is 136 Å². The fourth-order valence-corrected chi connectivity index (χ4v) is 5.37. The van der Waals surface area contributed by atoms with Gasteiger partial charge in [-0.25, -0.2) is 0 Å². The summed E-state index contributed by atoms with van der Waals surface area (Å²) in [6, 6.07) is 0. The highest BCUT2D eigenvalue weighted by atomic mass is 16.7. The Labute approximate surface area is 319 Å². The summed E-state index contributed by atoms with van der Waals surface area (Å²) in [6.45, 7) is 4.55. The lowest BCUT2D eigenvalue weighted by molar-refractivity contribution is 0.000545. The lowest BCUT2D eigenvalue weighted by Crippen LogP contribution is -2.04. The Bertz CT molecular complexity index is 1220. The van der Waals surface area contributed by atoms with E-state index in [0.29, 0.717) is 17.9 Å². The van der Waals surface area contributed by atoms with Crippen molar-refractivity contribution in [3.05, 3.63) is 157 Å². The summed E-state index contributed by atoms with van der Waals surface area (Å²) in [5, 5.41) is 9.44. The third kappa shape index (κ3) is 31.0. The van der Waals surface area contributed by atoms with Crippen molar-refractivity contribution in [3.8, 4) is 0 Å². The Morgan fingerprint density at radius 2 is 0.788 bits per heavy atom. The van der Waals surface area contributed by atoms with Crippen molar-refractivity contribution in [3.63, 3.8) is 0 Å². The average molecular weight is 709 g/mol. The molecule has 1 unspecified atom stereocenters. The number of allylic oxidation sites excluding steroid dienone is 23. The van der Waals surface area contributed by atoms with Crippen molar-refractivity contribution in [1.29, 1.82) is 0 Å². The summed E-state index contributed by atoms with van der Waals surface area (Å²) in [4.78, 5) is 0. The van der Waals surface area contributed by atoms with Gasteiger partial charge in [0.15, 0.2) is 5.76 Å². The van der Waals surface area contributed by atoms with Crippen molar-refractivity contribution in [2.45, 2.75) is 142 Å². The fourth-order valence-electron chi connectivity index (χ4n) is 5.37. The quantitative estimate of drug-likeness (QED) is 0.0558. The van der Waals surface area contributed by atoms with Gasteiger partial charge < -0.3 is 14.6 Å². The highest BCUT2D eigenvalue weighted by molar-refractivity contribution is 5.26. The Morgan fingerprint density at radius 1 is 0.423 bits per heavy atom. The van der Waals surface area contributed by atoms with Gasteiger partial charge in [-0.15, -0.1) is 0 Å². The van der Waals surface area contributed by atoms with Gasteiger partial charge in [0.05, 0.1) is 6.61 Å². The molecule has 3 nitrogen and oxygen atoms in total. The summed E-state index contributed by atoms with van der Waals surface area (Å²) in [5.74, 6) is 1.30. The van der Waals surface area contributed by atoms with E-state index in [2.05, 4.69) is 62.5 Å². The zero-order valence-electron chi connectivity index (χ0n) is 32.8. The molecule has 1 rings (SSSR count). The van der Waals surface area contributed by atoms with Gasteiger partial charge in [-0.3, -0.25) is 0 Å². The molecular weight excluding hydrogens is 637 g/mol. The van der Waals surface area contributed by atoms with Crippen molar-refractivity contribution in [2.24, 2.45) is 0 Å². The summed E-state index contributed by atoms with van der Waals surface area (Å²) >= 11 is 0. The van der Waals surface area contributed by atoms with Crippen molar-refractivity contribution in [2.75, 3.05) is 6.61 Å². The summed E-state index contributed by atoms with van der Waals surface area (Å²) in [6.07, 6.45) is 72.6. The Kier molecular flexibility index (Phi) is 34.1. The standard InChI is InChI=1S/C49H72O3/c1-3-5-7-9-11-13-15-17-19-21-23-25-27-29-31-33-35-37-39-41-43-47-48(45-46-50)52-49(51-47)44-42-40-38-36-34-32-30-28-26-24-22-20-18-16-14-12-10-8-6-4-2/h21-44,49-50H,3-20,45-46H2,1-2H3/b23-21+,24-22+,27-25+,28-26+,31-29+,32-30+,35-33+,36-34+,39-37+,40-38+,43-41+,44-42+. The van der Waals surface area contributed by atoms with Crippen LogP contribution in [-0.2, 0) is 9.47 Å². The van der Waals surface area contributed by atoms with E-state index in [1.807, 2.05) is 97.2 Å². The fraction of sp³-hybridized carbons (Fsp3) is 0.469. The van der Waals surface area contributed by atoms with E-state index in [1.54, 1.807) is 0 Å². The van der Waals surface area contributed by atoms with Crippen LogP contribution in [0, 0.1) is 0 Å². The van der Waals surface area contributed by atoms with E-state index in [-0.39, 0.29) is 6.61 Å². The van der Waals surface area contributed by atoms with Gasteiger partial charge in [0, 0.05) is 6.42 Å². The molecule has 0 amide bonds. The summed E-state index contributed by atoms with van der Waals surface area (Å²) in [7, 11) is 0. The van der Waals surface area contributed by atoms with Crippen LogP contribution >= 0.6 is 0 Å². The topological polar surface area (TPSA) is 38.7 Å². The lowest BCUT2D eigenvalue weighted by atomic mass is 10.1. The lowest BCUT2D eigenvalue weighted by Gasteiger charge is -2.05. The Hall–Kier alpha value is -3.82. The van der Waals surface area contributed by atoms with Crippen molar-refractivity contribution >= 4 is 0 Å². The average Bonchev–Trinajstić information content (AvgIpc) is 3.54. The molecule has 1 atom stereocenters. The number of unbranched alkanes of at least 4 members (excludes halogenated alkanes) is 16. The number of hydrogen-bond donors (Lipinski definition) is 1. The molecule has 0 saturated carbocycles. The molecule has 0 aliphatic carbocycles. The van der Waals surface area contributed by atoms with Crippen LogP contribution in [-0.4, -0.2) is 18.0 Å². The molecule has 1 aliphatic heterocycles. The monoisotopic (exact) mass is 709 g/mol. The van der Waals surface area contributed by atoms with Gasteiger partial charge in [-0.1, -0.05) is 237 Å². The maximum Gasteiger partial charge on any atom is 0.260 e. The number of aliphatic hydroxyl groups excluding tert-OH is 1. The molecule has 0 bridgehead atoms. The van der Waals surface area contributed by atoms with Gasteiger partial charge in [-0.2, -0.15) is 0 Å². The van der Waals surface area contributed by atoms with Crippen LogP contribution in [0.4, 0.5) is 0 Å². The van der Waals surface area contributed by atoms with E-state index in [0.717, 1.165) is 6.42 Å². The second-order valence-corrected chi connectivity index (χ2v) is 13.1. The Balaban J connectivity index is 2.23. The van der Waals surface area contributed by atoms with Crippen LogP contribution in [0.25, 0.3) is 0 Å². The summed E-state index contributed by atoms with van der Waals surface area (Å²) in [5.41, 5.74) is 0. The third-order valence-electron chi connectivity index (χ3n) is 8.35. The van der Waals surface area contributed by atoms with E-state index in [9.17, 15) is 5.11 Å². The van der Waals surface area contributed by atoms with Crippen LogP contribution in [0.15, 0.2) is 157 Å². The Morgan fingerprint density at radius 3 is 1.21 bits per heavy atom. The van der Waals surface area contributed by atoms with E-state index >= 15 is 0 Å². The molecule has 0 spiro atoms. The third-order valence-corrected chi connectivity index (χ3v) is 8.35. The van der Waals surface area contributed by atoms with Crippen LogP contribution in [0.5, 0.6) is 0 Å². The second kappa shape index (κ2) is 38.4. The van der Waals surface area contributed by atoms with Crippen LogP contribution in [0.2, 0.25) is 0 Å². The number of rotatable bonds is 32. The molecule has 52 heavy (non-hydrogen) atoms. The first-order chi connectivity index (χ1) is 25.8. The first-order valence-electron chi connectivity index (χ1n) is 20.5. The molecule has 1 heterocycles. The smallest absolute Gasteiger partial charge is 0.260 e. The molecule has 0 aromatic carbocycles. The van der Waals surface area contributed by atoms with Crippen LogP contribution < -0.4 is 0 Å². The highest BCUT2D eigenvalue weighted by Crippen LogP contribution is 2.26. The zero-order chi connectivity index (χ0) is 37.3. The van der Waals surface area contributed by atoms with E-state index < -0.39 is 6.29 Å². The molecule has 286 valence electrons. The predicted molar refractivity (Wildman–Crippen MR) is 229 cm³/mol. The molecular formula is C49H72O3. The van der Waals surface area contributed by atoms with Crippen molar-refractivity contribution < 1.29 is 14.6 Å². The van der Waals surface area contributed by atoms with E-state index in [1.165, 1.54) is 109 Å². The number of aliphatic hydroxyl groups is 1. The first kappa shape index (κ1) is 46.2. The minimum Gasteiger partial charge on any atom is -0.452 e. The maximum absolute atomic E-state index is 9.44. The molecule has 0 radical (unpaired) electrons.